The van der Waals surface area contributed by atoms with Crippen LogP contribution in [0.15, 0.2) is 11.5 Å². The lowest BCUT2D eigenvalue weighted by Gasteiger charge is -2.41. The van der Waals surface area contributed by atoms with Crippen LogP contribution in [0.1, 0.15) is 0 Å². The number of nitrogens with one attached hydrogen (secondary N) is 1. The van der Waals surface area contributed by atoms with Crippen LogP contribution in [0.25, 0.3) is 0 Å². The molecule has 0 aromatic heterocycles. The molecule has 2 atom stereocenters. The van der Waals surface area contributed by atoms with Crippen molar-refractivity contribution in [2.45, 2.75) is 12.6 Å². The van der Waals surface area contributed by atoms with Gasteiger partial charge in [-0.3, -0.25) is 4.79 Å². The van der Waals surface area contributed by atoms with E-state index < -0.39 is 12.6 Å². The van der Waals surface area contributed by atoms with E-state index in [4.69, 9.17) is 5.73 Å². The number of nitrogens with two attached hydrogens (primary N) is 1. The van der Waals surface area contributed by atoms with Crippen LogP contribution >= 0.6 is 0 Å². The average Bonchev–Trinajstić information content (AvgIpc) is 2.19. The van der Waals surface area contributed by atoms with E-state index in [1.807, 2.05) is 0 Å². The molecule has 1 heterocycles. The quantitative estimate of drug-likeness (QED) is 0.364. The van der Waals surface area contributed by atoms with Crippen molar-refractivity contribution >= 4 is 6.41 Å². The van der Waals surface area contributed by atoms with Gasteiger partial charge in [-0.05, 0) is 7.05 Å². The molecule has 80 valence electrons. The van der Waals surface area contributed by atoms with Crippen molar-refractivity contribution in [3.8, 4) is 0 Å². The summed E-state index contributed by atoms with van der Waals surface area (Å²) in [7, 11) is 3.06. The first-order valence-corrected chi connectivity index (χ1v) is 4.01. The zero-order valence-corrected chi connectivity index (χ0v) is 8.01. The number of carbonyl (C=O) groups is 1. The van der Waals surface area contributed by atoms with Gasteiger partial charge in [0.05, 0.1) is 0 Å². The first-order valence-electron chi connectivity index (χ1n) is 4.01. The van der Waals surface area contributed by atoms with Gasteiger partial charge in [0.1, 0.15) is 11.5 Å². The lowest BCUT2D eigenvalue weighted by molar-refractivity contribution is -0.149. The van der Waals surface area contributed by atoms with Crippen LogP contribution in [-0.4, -0.2) is 53.1 Å². The van der Waals surface area contributed by atoms with Gasteiger partial charge in [-0.15, -0.1) is 0 Å². The lowest BCUT2D eigenvalue weighted by Crippen LogP contribution is -2.57. The molecule has 0 spiro atoms. The normalized spacial score (nSPS) is 29.3. The van der Waals surface area contributed by atoms with E-state index in [2.05, 4.69) is 5.32 Å². The molecule has 2 unspecified atom stereocenters. The van der Waals surface area contributed by atoms with E-state index in [0.717, 1.165) is 0 Å². The summed E-state index contributed by atoms with van der Waals surface area (Å²) < 4.78 is 0. The predicted molar refractivity (Wildman–Crippen MR) is 48.0 cm³/mol. The van der Waals surface area contributed by atoms with E-state index in [0.29, 0.717) is 6.41 Å². The molecule has 14 heavy (non-hydrogen) atoms. The summed E-state index contributed by atoms with van der Waals surface area (Å²) in [4.78, 5) is 12.8. The molecule has 0 aliphatic carbocycles. The van der Waals surface area contributed by atoms with Crippen molar-refractivity contribution in [2.24, 2.45) is 5.73 Å². The maximum absolute atomic E-state index is 10.2. The maximum atomic E-state index is 10.2. The molecule has 0 radical (unpaired) electrons. The van der Waals surface area contributed by atoms with Gasteiger partial charge in [0.15, 0.2) is 12.6 Å². The summed E-state index contributed by atoms with van der Waals surface area (Å²) in [5.74, 6) is 0.134. The summed E-state index contributed by atoms with van der Waals surface area (Å²) in [5, 5.41) is 21.4. The van der Waals surface area contributed by atoms with Gasteiger partial charge in [0.2, 0.25) is 6.41 Å². The standard InChI is InChI=1S/C7H14N4O3/c1-10-5(8)4(9-3-12)6(13)11(2)7(10)14/h3,6-7,13-14H,8H2,1-2H3,(H,9,12). The summed E-state index contributed by atoms with van der Waals surface area (Å²) in [5.41, 5.74) is 5.75. The fourth-order valence-corrected chi connectivity index (χ4v) is 1.26. The number of carbonyl (C=O) groups excluding carboxylic acids is 1. The Bertz CT molecular complexity index is 268. The lowest BCUT2D eigenvalue weighted by atomic mass is 10.3. The Labute approximate surface area is 81.4 Å². The van der Waals surface area contributed by atoms with E-state index in [1.54, 1.807) is 7.05 Å². The molecule has 0 aromatic carbocycles. The summed E-state index contributed by atoms with van der Waals surface area (Å²) in [6.45, 7) is 0. The third-order valence-electron chi connectivity index (χ3n) is 2.23. The Hall–Kier alpha value is -1.31. The van der Waals surface area contributed by atoms with Crippen molar-refractivity contribution in [3.63, 3.8) is 0 Å². The van der Waals surface area contributed by atoms with Gasteiger partial charge in [-0.1, -0.05) is 0 Å². The Kier molecular flexibility index (Phi) is 2.94. The van der Waals surface area contributed by atoms with Gasteiger partial charge in [0.25, 0.3) is 0 Å². The molecule has 0 saturated heterocycles. The Morgan fingerprint density at radius 2 is 2.07 bits per heavy atom. The number of aliphatic hydroxyl groups is 2. The SMILES string of the molecule is CN1C(N)=C(NC=O)C(O)N(C)C1O. The highest BCUT2D eigenvalue weighted by molar-refractivity contribution is 5.51. The van der Waals surface area contributed by atoms with Crippen LogP contribution in [0.2, 0.25) is 0 Å². The van der Waals surface area contributed by atoms with Crippen LogP contribution in [0.3, 0.4) is 0 Å². The van der Waals surface area contributed by atoms with E-state index in [9.17, 15) is 15.0 Å². The van der Waals surface area contributed by atoms with Crippen LogP contribution < -0.4 is 11.1 Å². The number of nitrogens with zero attached hydrogens (tertiary/aromatic N) is 2. The van der Waals surface area contributed by atoms with E-state index in [-0.39, 0.29) is 11.5 Å². The first kappa shape index (κ1) is 10.8. The molecular weight excluding hydrogens is 188 g/mol. The maximum Gasteiger partial charge on any atom is 0.211 e. The van der Waals surface area contributed by atoms with Gasteiger partial charge in [0, 0.05) is 7.05 Å². The minimum Gasteiger partial charge on any atom is -0.384 e. The highest BCUT2D eigenvalue weighted by Crippen LogP contribution is 2.18. The van der Waals surface area contributed by atoms with Crippen LogP contribution in [-0.2, 0) is 4.79 Å². The largest absolute Gasteiger partial charge is 0.384 e. The molecule has 1 aliphatic heterocycles. The number of amides is 1. The fraction of sp³-hybridized carbons (Fsp3) is 0.571. The Morgan fingerprint density at radius 1 is 1.50 bits per heavy atom. The molecule has 0 bridgehead atoms. The van der Waals surface area contributed by atoms with E-state index in [1.165, 1.54) is 16.8 Å². The second-order valence-corrected chi connectivity index (χ2v) is 3.06. The topological polar surface area (TPSA) is 102 Å². The molecule has 0 saturated carbocycles. The Morgan fingerprint density at radius 3 is 2.57 bits per heavy atom. The molecular formula is C7H14N4O3. The van der Waals surface area contributed by atoms with Gasteiger partial charge in [-0.2, -0.15) is 0 Å². The van der Waals surface area contributed by atoms with Crippen LogP contribution in [0.4, 0.5) is 0 Å². The summed E-state index contributed by atoms with van der Waals surface area (Å²) >= 11 is 0. The first-order chi connectivity index (χ1) is 6.50. The predicted octanol–water partition coefficient (Wildman–Crippen LogP) is -2.67. The number of aliphatic hydroxyl groups excluding tert-OH is 2. The number of likely N-dealkylation sites (N-methyl/N-ethyl adjacent to an activating group) is 1. The molecule has 7 heteroatoms. The zero-order chi connectivity index (χ0) is 10.9. The van der Waals surface area contributed by atoms with Crippen molar-refractivity contribution < 1.29 is 15.0 Å². The molecule has 5 N–H and O–H groups in total. The number of rotatable bonds is 2. The molecule has 7 nitrogen and oxygen atoms in total. The van der Waals surface area contributed by atoms with E-state index >= 15 is 0 Å². The molecule has 0 aromatic rings. The number of hydrogen-bond acceptors (Lipinski definition) is 6. The third kappa shape index (κ3) is 1.52. The second-order valence-electron chi connectivity index (χ2n) is 3.06. The minimum absolute atomic E-state index is 0.134. The molecule has 1 rings (SSSR count). The Balaban J connectivity index is 3.03. The van der Waals surface area contributed by atoms with Crippen LogP contribution in [0, 0.1) is 0 Å². The molecule has 1 amide bonds. The van der Waals surface area contributed by atoms with Crippen molar-refractivity contribution in [2.75, 3.05) is 14.1 Å². The van der Waals surface area contributed by atoms with Crippen LogP contribution in [0.5, 0.6) is 0 Å². The van der Waals surface area contributed by atoms with Gasteiger partial charge >= 0.3 is 0 Å². The second kappa shape index (κ2) is 3.82. The smallest absolute Gasteiger partial charge is 0.211 e. The number of hydrogen-bond donors (Lipinski definition) is 4. The van der Waals surface area contributed by atoms with Crippen molar-refractivity contribution in [1.82, 2.24) is 15.1 Å². The monoisotopic (exact) mass is 202 g/mol. The minimum atomic E-state index is -1.12. The highest BCUT2D eigenvalue weighted by Gasteiger charge is 2.33. The van der Waals surface area contributed by atoms with Crippen molar-refractivity contribution in [3.05, 3.63) is 11.5 Å². The highest BCUT2D eigenvalue weighted by atomic mass is 16.3. The molecule has 1 aliphatic rings. The summed E-state index contributed by atoms with van der Waals surface area (Å²) in [6.07, 6.45) is -1.71. The average molecular weight is 202 g/mol. The fourth-order valence-electron chi connectivity index (χ4n) is 1.26. The van der Waals surface area contributed by atoms with Gasteiger partial charge in [-0.25, -0.2) is 4.90 Å². The third-order valence-corrected chi connectivity index (χ3v) is 2.23. The van der Waals surface area contributed by atoms with Gasteiger partial charge < -0.3 is 26.2 Å². The summed E-state index contributed by atoms with van der Waals surface area (Å²) in [6, 6.07) is 0. The molecule has 0 fully saturated rings. The zero-order valence-electron chi connectivity index (χ0n) is 8.01. The van der Waals surface area contributed by atoms with Crippen molar-refractivity contribution in [1.29, 1.82) is 0 Å².